The van der Waals surface area contributed by atoms with Crippen LogP contribution < -0.4 is 10.6 Å². The van der Waals surface area contributed by atoms with Crippen LogP contribution >= 0.6 is 0 Å². The molecule has 148 valence electrons. The number of guanidine groups is 1. The van der Waals surface area contributed by atoms with Crippen molar-refractivity contribution in [2.24, 2.45) is 4.99 Å². The number of likely N-dealkylation sites (N-methyl/N-ethyl adjacent to an activating group) is 1. The van der Waals surface area contributed by atoms with Gasteiger partial charge in [0.2, 0.25) is 0 Å². The van der Waals surface area contributed by atoms with E-state index in [2.05, 4.69) is 15.6 Å². The van der Waals surface area contributed by atoms with Gasteiger partial charge in [-0.25, -0.2) is 13.2 Å². The Balaban J connectivity index is 4.35. The van der Waals surface area contributed by atoms with Gasteiger partial charge in [-0.2, -0.15) is 0 Å². The van der Waals surface area contributed by atoms with Crippen molar-refractivity contribution in [1.82, 2.24) is 15.5 Å². The number of hydrogen-bond acceptors (Lipinski definition) is 5. The highest BCUT2D eigenvalue weighted by Gasteiger charge is 2.20. The third kappa shape index (κ3) is 12.5. The summed E-state index contributed by atoms with van der Waals surface area (Å²) in [4.78, 5) is 17.8. The molecular formula is C16H34N4O4S. The molecule has 1 atom stereocenters. The number of aliphatic imine (C=N–C) groups is 1. The van der Waals surface area contributed by atoms with Gasteiger partial charge >= 0.3 is 6.09 Å². The van der Waals surface area contributed by atoms with Crippen molar-refractivity contribution in [1.29, 1.82) is 0 Å². The first-order chi connectivity index (χ1) is 11.4. The third-order valence-electron chi connectivity index (χ3n) is 3.24. The molecule has 0 aromatic heterocycles. The first-order valence-electron chi connectivity index (χ1n) is 8.50. The Bertz CT molecular complexity index is 541. The summed E-state index contributed by atoms with van der Waals surface area (Å²) in [7, 11) is -1.33. The summed E-state index contributed by atoms with van der Waals surface area (Å²) in [6, 6.07) is -0.0333. The molecular weight excluding hydrogens is 344 g/mol. The smallest absolute Gasteiger partial charge is 0.410 e. The molecule has 0 rings (SSSR count). The number of rotatable bonds is 8. The van der Waals surface area contributed by atoms with Crippen LogP contribution in [-0.4, -0.2) is 75.7 Å². The minimum atomic E-state index is -2.98. The lowest BCUT2D eigenvalue weighted by molar-refractivity contribution is 0.0264. The number of hydrogen-bond donors (Lipinski definition) is 2. The molecule has 1 amide bonds. The van der Waals surface area contributed by atoms with Crippen LogP contribution in [0.15, 0.2) is 4.99 Å². The molecule has 9 heteroatoms. The standard InChI is InChI=1S/C16H34N4O4S/c1-8-20(15(21)24-16(3,4)5)11-10-18-14(17-6)19-13(2)9-12-25(7,22)23/h13H,8-12H2,1-7H3,(H2,17,18,19). The molecule has 0 aliphatic heterocycles. The maximum atomic E-state index is 12.1. The van der Waals surface area contributed by atoms with E-state index in [9.17, 15) is 13.2 Å². The van der Waals surface area contributed by atoms with Gasteiger partial charge in [-0.3, -0.25) is 4.99 Å². The van der Waals surface area contributed by atoms with Crippen LogP contribution in [0.5, 0.6) is 0 Å². The van der Waals surface area contributed by atoms with E-state index in [1.54, 1.807) is 11.9 Å². The van der Waals surface area contributed by atoms with E-state index in [0.717, 1.165) is 0 Å². The fourth-order valence-electron chi connectivity index (χ4n) is 1.91. The molecule has 0 aromatic carbocycles. The molecule has 0 bridgehead atoms. The quantitative estimate of drug-likeness (QED) is 0.487. The van der Waals surface area contributed by atoms with Gasteiger partial charge in [0.1, 0.15) is 15.4 Å². The predicted molar refractivity (Wildman–Crippen MR) is 102 cm³/mol. The minimum Gasteiger partial charge on any atom is -0.444 e. The summed E-state index contributed by atoms with van der Waals surface area (Å²) < 4.78 is 27.8. The number of ether oxygens (including phenoxy) is 1. The van der Waals surface area contributed by atoms with Gasteiger partial charge in [-0.05, 0) is 41.0 Å². The van der Waals surface area contributed by atoms with Crippen LogP contribution in [-0.2, 0) is 14.6 Å². The Morgan fingerprint density at radius 1 is 1.32 bits per heavy atom. The highest BCUT2D eigenvalue weighted by molar-refractivity contribution is 7.90. The van der Waals surface area contributed by atoms with Crippen LogP contribution in [0.1, 0.15) is 41.0 Å². The van der Waals surface area contributed by atoms with Gasteiger partial charge in [-0.15, -0.1) is 0 Å². The van der Waals surface area contributed by atoms with Crippen molar-refractivity contribution in [2.75, 3.05) is 38.7 Å². The van der Waals surface area contributed by atoms with Gasteiger partial charge < -0.3 is 20.3 Å². The van der Waals surface area contributed by atoms with E-state index in [1.807, 2.05) is 34.6 Å². The normalized spacial score (nSPS) is 14.0. The molecule has 0 fully saturated rings. The third-order valence-corrected chi connectivity index (χ3v) is 4.21. The first kappa shape index (κ1) is 23.5. The van der Waals surface area contributed by atoms with Crippen molar-refractivity contribution in [3.8, 4) is 0 Å². The number of nitrogens with zero attached hydrogens (tertiary/aromatic N) is 2. The van der Waals surface area contributed by atoms with Crippen LogP contribution in [0.4, 0.5) is 4.79 Å². The number of amides is 1. The average molecular weight is 379 g/mol. The predicted octanol–water partition coefficient (Wildman–Crippen LogP) is 1.23. The lowest BCUT2D eigenvalue weighted by Gasteiger charge is -2.27. The molecule has 2 N–H and O–H groups in total. The molecule has 0 radical (unpaired) electrons. The van der Waals surface area contributed by atoms with Crippen LogP contribution in [0, 0.1) is 0 Å². The molecule has 0 spiro atoms. The maximum absolute atomic E-state index is 12.1. The van der Waals surface area contributed by atoms with Gasteiger partial charge in [0, 0.05) is 39.0 Å². The monoisotopic (exact) mass is 378 g/mol. The van der Waals surface area contributed by atoms with Gasteiger partial charge in [-0.1, -0.05) is 0 Å². The zero-order valence-corrected chi connectivity index (χ0v) is 17.4. The van der Waals surface area contributed by atoms with E-state index >= 15 is 0 Å². The lowest BCUT2D eigenvalue weighted by atomic mass is 10.2. The van der Waals surface area contributed by atoms with Crippen LogP contribution in [0.2, 0.25) is 0 Å². The second kappa shape index (κ2) is 10.5. The van der Waals surface area contributed by atoms with Gasteiger partial charge in [0.15, 0.2) is 5.96 Å². The fraction of sp³-hybridized carbons (Fsp3) is 0.875. The highest BCUT2D eigenvalue weighted by Crippen LogP contribution is 2.09. The number of nitrogens with one attached hydrogen (secondary N) is 2. The molecule has 0 saturated heterocycles. The SMILES string of the molecule is CCN(CCNC(=NC)NC(C)CCS(C)(=O)=O)C(=O)OC(C)(C)C. The summed E-state index contributed by atoms with van der Waals surface area (Å²) in [5, 5.41) is 6.26. The number of carbonyl (C=O) groups excluding carboxylic acids is 1. The molecule has 8 nitrogen and oxygen atoms in total. The van der Waals surface area contributed by atoms with E-state index in [4.69, 9.17) is 4.74 Å². The van der Waals surface area contributed by atoms with Gasteiger partial charge in [0.05, 0.1) is 5.75 Å². The van der Waals surface area contributed by atoms with E-state index in [1.165, 1.54) is 6.26 Å². The Labute approximate surface area is 152 Å². The van der Waals surface area contributed by atoms with E-state index < -0.39 is 15.4 Å². The highest BCUT2D eigenvalue weighted by atomic mass is 32.2. The van der Waals surface area contributed by atoms with Crippen LogP contribution in [0.3, 0.4) is 0 Å². The Morgan fingerprint density at radius 3 is 2.36 bits per heavy atom. The summed E-state index contributed by atoms with van der Waals surface area (Å²) in [6.45, 7) is 10.8. The van der Waals surface area contributed by atoms with Crippen molar-refractivity contribution >= 4 is 21.9 Å². The number of carbonyl (C=O) groups is 1. The topological polar surface area (TPSA) is 100 Å². The Hall–Kier alpha value is -1.51. The first-order valence-corrected chi connectivity index (χ1v) is 10.6. The van der Waals surface area contributed by atoms with Crippen molar-refractivity contribution in [3.05, 3.63) is 0 Å². The molecule has 1 unspecified atom stereocenters. The summed E-state index contributed by atoms with van der Waals surface area (Å²) >= 11 is 0. The molecule has 25 heavy (non-hydrogen) atoms. The molecule has 0 aromatic rings. The molecule has 0 aliphatic rings. The summed E-state index contributed by atoms with van der Waals surface area (Å²) in [5.74, 6) is 0.696. The second-order valence-electron chi connectivity index (χ2n) is 7.02. The maximum Gasteiger partial charge on any atom is 0.410 e. The van der Waals surface area contributed by atoms with E-state index in [-0.39, 0.29) is 17.9 Å². The molecule has 0 heterocycles. The Kier molecular flexibility index (Phi) is 9.84. The molecule has 0 aliphatic carbocycles. The minimum absolute atomic E-state index is 0.0333. The van der Waals surface area contributed by atoms with Crippen molar-refractivity contribution < 1.29 is 17.9 Å². The van der Waals surface area contributed by atoms with E-state index in [0.29, 0.717) is 32.0 Å². The summed E-state index contributed by atoms with van der Waals surface area (Å²) in [6.07, 6.45) is 1.38. The van der Waals surface area contributed by atoms with Crippen molar-refractivity contribution in [3.63, 3.8) is 0 Å². The van der Waals surface area contributed by atoms with Gasteiger partial charge in [0.25, 0.3) is 0 Å². The van der Waals surface area contributed by atoms with Crippen molar-refractivity contribution in [2.45, 2.75) is 52.7 Å². The summed E-state index contributed by atoms with van der Waals surface area (Å²) in [5.41, 5.74) is -0.523. The van der Waals surface area contributed by atoms with Crippen LogP contribution in [0.25, 0.3) is 0 Å². The fourth-order valence-corrected chi connectivity index (χ4v) is 2.69. The Morgan fingerprint density at radius 2 is 1.92 bits per heavy atom. The lowest BCUT2D eigenvalue weighted by Crippen LogP contribution is -2.46. The zero-order valence-electron chi connectivity index (χ0n) is 16.5. The number of sulfone groups is 1. The average Bonchev–Trinajstić information content (AvgIpc) is 2.45. The second-order valence-corrected chi connectivity index (χ2v) is 9.28. The molecule has 0 saturated carbocycles. The largest absolute Gasteiger partial charge is 0.444 e. The zero-order chi connectivity index (χ0) is 19.7.